The summed E-state index contributed by atoms with van der Waals surface area (Å²) in [5, 5.41) is 6.55. The van der Waals surface area contributed by atoms with Crippen molar-refractivity contribution in [2.24, 2.45) is 4.99 Å². The third-order valence-corrected chi connectivity index (χ3v) is 2.95. The molecule has 0 aliphatic heterocycles. The number of benzene rings is 2. The molecule has 3 aromatic rings. The van der Waals surface area contributed by atoms with Gasteiger partial charge in [0.15, 0.2) is 5.82 Å². The number of pyridine rings is 1. The summed E-state index contributed by atoms with van der Waals surface area (Å²) in [7, 11) is 0. The van der Waals surface area contributed by atoms with Crippen molar-refractivity contribution in [1.82, 2.24) is 4.98 Å². The standard InChI is InChI=1S/C18H16N4/c1-3-9-15(10-4-1)20-18(21-16-11-5-2-6-12-16)22-17-13-7-8-14-19-17/h1-14H,(H2,19,20,21,22). The van der Waals surface area contributed by atoms with Crippen LogP contribution in [0.2, 0.25) is 0 Å². The van der Waals surface area contributed by atoms with Gasteiger partial charge in [-0.3, -0.25) is 0 Å². The van der Waals surface area contributed by atoms with Gasteiger partial charge in [-0.15, -0.1) is 0 Å². The van der Waals surface area contributed by atoms with Gasteiger partial charge in [0.25, 0.3) is 0 Å². The number of hydrogen-bond donors (Lipinski definition) is 2. The van der Waals surface area contributed by atoms with Crippen molar-refractivity contribution >= 4 is 23.2 Å². The molecule has 4 heteroatoms. The largest absolute Gasteiger partial charge is 0.326 e. The van der Waals surface area contributed by atoms with Crippen LogP contribution in [0, 0.1) is 0 Å². The lowest BCUT2D eigenvalue weighted by atomic mass is 10.3. The smallest absolute Gasteiger partial charge is 0.207 e. The number of nitrogens with zero attached hydrogens (tertiary/aromatic N) is 2. The molecule has 0 aliphatic carbocycles. The van der Waals surface area contributed by atoms with E-state index in [4.69, 9.17) is 0 Å². The van der Waals surface area contributed by atoms with Gasteiger partial charge in [-0.1, -0.05) is 42.5 Å². The van der Waals surface area contributed by atoms with Crippen LogP contribution in [0.3, 0.4) is 0 Å². The van der Waals surface area contributed by atoms with Gasteiger partial charge in [0, 0.05) is 17.6 Å². The van der Waals surface area contributed by atoms with Crippen molar-refractivity contribution in [2.75, 3.05) is 10.6 Å². The predicted molar refractivity (Wildman–Crippen MR) is 91.5 cm³/mol. The highest BCUT2D eigenvalue weighted by Crippen LogP contribution is 2.12. The first-order valence-corrected chi connectivity index (χ1v) is 7.04. The zero-order chi connectivity index (χ0) is 15.0. The molecule has 0 bridgehead atoms. The Balaban J connectivity index is 1.86. The summed E-state index contributed by atoms with van der Waals surface area (Å²) in [4.78, 5) is 8.77. The van der Waals surface area contributed by atoms with E-state index in [-0.39, 0.29) is 0 Å². The van der Waals surface area contributed by atoms with E-state index in [1.54, 1.807) is 6.20 Å². The third kappa shape index (κ3) is 3.93. The zero-order valence-corrected chi connectivity index (χ0v) is 12.0. The van der Waals surface area contributed by atoms with Gasteiger partial charge in [0.1, 0.15) is 0 Å². The van der Waals surface area contributed by atoms with Crippen LogP contribution in [0.25, 0.3) is 0 Å². The maximum Gasteiger partial charge on any atom is 0.207 e. The minimum atomic E-state index is 0.621. The van der Waals surface area contributed by atoms with Crippen molar-refractivity contribution in [3.8, 4) is 0 Å². The van der Waals surface area contributed by atoms with Crippen LogP contribution in [0.4, 0.5) is 17.2 Å². The molecule has 1 aromatic heterocycles. The van der Waals surface area contributed by atoms with Crippen molar-refractivity contribution in [1.29, 1.82) is 0 Å². The maximum atomic E-state index is 4.53. The summed E-state index contributed by atoms with van der Waals surface area (Å²) < 4.78 is 0. The van der Waals surface area contributed by atoms with E-state index in [9.17, 15) is 0 Å². The average Bonchev–Trinajstić information content (AvgIpc) is 2.57. The molecule has 0 radical (unpaired) electrons. The van der Waals surface area contributed by atoms with Gasteiger partial charge in [-0.05, 0) is 36.4 Å². The quantitative estimate of drug-likeness (QED) is 0.558. The Bertz CT molecular complexity index is 681. The average molecular weight is 288 g/mol. The van der Waals surface area contributed by atoms with Gasteiger partial charge >= 0.3 is 0 Å². The molecule has 108 valence electrons. The van der Waals surface area contributed by atoms with E-state index in [0.717, 1.165) is 11.4 Å². The molecular formula is C18H16N4. The molecule has 0 aliphatic rings. The van der Waals surface area contributed by atoms with Gasteiger partial charge in [0.2, 0.25) is 5.96 Å². The van der Waals surface area contributed by atoms with E-state index < -0.39 is 0 Å². The summed E-state index contributed by atoms with van der Waals surface area (Å²) in [5.41, 5.74) is 1.92. The Morgan fingerprint density at radius 3 is 1.73 bits per heavy atom. The molecule has 1 heterocycles. The Morgan fingerprint density at radius 1 is 0.682 bits per heavy atom. The number of rotatable bonds is 3. The summed E-state index contributed by atoms with van der Waals surface area (Å²) in [6.07, 6.45) is 1.72. The fraction of sp³-hybridized carbons (Fsp3) is 0. The molecule has 0 unspecified atom stereocenters. The molecule has 0 saturated heterocycles. The fourth-order valence-corrected chi connectivity index (χ4v) is 1.94. The van der Waals surface area contributed by atoms with E-state index in [1.807, 2.05) is 78.9 Å². The van der Waals surface area contributed by atoms with E-state index in [0.29, 0.717) is 11.8 Å². The Labute approximate surface area is 129 Å². The van der Waals surface area contributed by atoms with Crippen molar-refractivity contribution in [3.63, 3.8) is 0 Å². The molecule has 0 atom stereocenters. The second kappa shape index (κ2) is 7.04. The number of guanidine groups is 1. The van der Waals surface area contributed by atoms with Crippen LogP contribution in [0.5, 0.6) is 0 Å². The Kier molecular flexibility index (Phi) is 4.42. The molecule has 3 rings (SSSR count). The second-order valence-corrected chi connectivity index (χ2v) is 4.63. The topological polar surface area (TPSA) is 49.3 Å². The lowest BCUT2D eigenvalue weighted by Gasteiger charge is -2.12. The minimum Gasteiger partial charge on any atom is -0.326 e. The van der Waals surface area contributed by atoms with Gasteiger partial charge in [-0.25, -0.2) is 4.98 Å². The van der Waals surface area contributed by atoms with Crippen LogP contribution in [-0.4, -0.2) is 10.9 Å². The first-order valence-electron chi connectivity index (χ1n) is 7.04. The molecule has 2 N–H and O–H groups in total. The van der Waals surface area contributed by atoms with Gasteiger partial charge < -0.3 is 10.6 Å². The Hall–Kier alpha value is -3.14. The minimum absolute atomic E-state index is 0.621. The third-order valence-electron chi connectivity index (χ3n) is 2.95. The van der Waals surface area contributed by atoms with Crippen LogP contribution in [0.1, 0.15) is 0 Å². The van der Waals surface area contributed by atoms with Gasteiger partial charge in [-0.2, -0.15) is 4.99 Å². The number of anilines is 2. The van der Waals surface area contributed by atoms with Crippen molar-refractivity contribution in [3.05, 3.63) is 85.1 Å². The Morgan fingerprint density at radius 2 is 1.23 bits per heavy atom. The van der Waals surface area contributed by atoms with Crippen molar-refractivity contribution < 1.29 is 0 Å². The van der Waals surface area contributed by atoms with Crippen LogP contribution in [0.15, 0.2) is 90.1 Å². The summed E-state index contributed by atoms with van der Waals surface area (Å²) in [5.74, 6) is 1.26. The number of aliphatic imine (C=N–C) groups is 1. The molecule has 4 nitrogen and oxygen atoms in total. The molecule has 0 spiro atoms. The molecule has 0 saturated carbocycles. The first kappa shape index (κ1) is 13.8. The normalized spacial score (nSPS) is 9.82. The zero-order valence-electron chi connectivity index (χ0n) is 12.0. The SMILES string of the molecule is c1ccc(NC(=Nc2ccccn2)Nc2ccccc2)cc1. The van der Waals surface area contributed by atoms with Crippen molar-refractivity contribution in [2.45, 2.75) is 0 Å². The highest BCUT2D eigenvalue weighted by Gasteiger charge is 2.02. The second-order valence-electron chi connectivity index (χ2n) is 4.63. The van der Waals surface area contributed by atoms with E-state index in [1.165, 1.54) is 0 Å². The first-order chi connectivity index (χ1) is 10.9. The molecule has 2 aromatic carbocycles. The van der Waals surface area contributed by atoms with Crippen LogP contribution < -0.4 is 10.6 Å². The molecule has 0 fully saturated rings. The van der Waals surface area contributed by atoms with Gasteiger partial charge in [0.05, 0.1) is 0 Å². The molecular weight excluding hydrogens is 272 g/mol. The predicted octanol–water partition coefficient (Wildman–Crippen LogP) is 4.29. The van der Waals surface area contributed by atoms with Crippen LogP contribution >= 0.6 is 0 Å². The lowest BCUT2D eigenvalue weighted by Crippen LogP contribution is -2.21. The number of para-hydroxylation sites is 2. The van der Waals surface area contributed by atoms with E-state index in [2.05, 4.69) is 20.6 Å². The summed E-state index contributed by atoms with van der Waals surface area (Å²) in [6, 6.07) is 25.4. The highest BCUT2D eigenvalue weighted by molar-refractivity contribution is 6.04. The molecule has 22 heavy (non-hydrogen) atoms. The highest BCUT2D eigenvalue weighted by atomic mass is 15.2. The van der Waals surface area contributed by atoms with E-state index >= 15 is 0 Å². The lowest BCUT2D eigenvalue weighted by molar-refractivity contribution is 1.27. The maximum absolute atomic E-state index is 4.53. The molecule has 0 amide bonds. The summed E-state index contributed by atoms with van der Waals surface area (Å²) >= 11 is 0. The number of hydrogen-bond acceptors (Lipinski definition) is 2. The van der Waals surface area contributed by atoms with Crippen LogP contribution in [-0.2, 0) is 0 Å². The number of aromatic nitrogens is 1. The summed E-state index contributed by atoms with van der Waals surface area (Å²) in [6.45, 7) is 0. The monoisotopic (exact) mass is 288 g/mol. The fourth-order valence-electron chi connectivity index (χ4n) is 1.94. The number of nitrogens with one attached hydrogen (secondary N) is 2.